The topological polar surface area (TPSA) is 24.1 Å². The molecule has 2 aliphatic rings. The molecule has 63 valence electrons. The van der Waals surface area contributed by atoms with E-state index in [1.54, 1.807) is 0 Å². The lowest BCUT2D eigenvalue weighted by atomic mass is 9.87. The molecule has 1 aliphatic heterocycles. The maximum absolute atomic E-state index is 3.43. The average molecular weight is 153 g/mol. The van der Waals surface area contributed by atoms with Gasteiger partial charge in [-0.1, -0.05) is 19.3 Å². The second kappa shape index (κ2) is 3.55. The van der Waals surface area contributed by atoms with E-state index in [0.29, 0.717) is 0 Å². The Bertz CT molecular complexity index is 113. The molecule has 0 amide bonds. The first-order valence-corrected chi connectivity index (χ1v) is 4.81. The second-order valence-corrected chi connectivity index (χ2v) is 3.60. The van der Waals surface area contributed by atoms with E-state index in [-0.39, 0.29) is 0 Å². The van der Waals surface area contributed by atoms with Crippen molar-refractivity contribution in [3.63, 3.8) is 0 Å². The first-order chi connectivity index (χ1) is 5.47. The lowest BCUT2D eigenvalue weighted by Gasteiger charge is -2.26. The Labute approximate surface area is 68.7 Å². The molecule has 0 bridgehead atoms. The van der Waals surface area contributed by atoms with E-state index in [9.17, 15) is 0 Å². The van der Waals surface area contributed by atoms with Crippen molar-refractivity contribution < 1.29 is 0 Å². The molecule has 2 fully saturated rings. The summed E-state index contributed by atoms with van der Waals surface area (Å²) in [7, 11) is 0. The Kier molecular flexibility index (Phi) is 2.44. The third-order valence-corrected chi connectivity index (χ3v) is 2.77. The number of nitrogens with one attached hydrogen (secondary N) is 2. The molecule has 0 aromatic carbocycles. The second-order valence-electron chi connectivity index (χ2n) is 3.60. The summed E-state index contributed by atoms with van der Waals surface area (Å²) in [5.41, 5.74) is 0. The normalized spacial score (nSPS) is 29.5. The van der Waals surface area contributed by atoms with Crippen molar-refractivity contribution in [1.82, 2.24) is 10.6 Å². The summed E-state index contributed by atoms with van der Waals surface area (Å²) in [5.74, 6) is 0.839. The number of hydrogen-bond donors (Lipinski definition) is 2. The van der Waals surface area contributed by atoms with Gasteiger partial charge in [-0.15, -0.1) is 0 Å². The zero-order chi connectivity index (χ0) is 7.52. The van der Waals surface area contributed by atoms with Gasteiger partial charge < -0.3 is 0 Å². The van der Waals surface area contributed by atoms with Crippen LogP contribution in [0.3, 0.4) is 0 Å². The van der Waals surface area contributed by atoms with Gasteiger partial charge in [0.2, 0.25) is 0 Å². The summed E-state index contributed by atoms with van der Waals surface area (Å²) in [6.45, 7) is 2.26. The molecular weight excluding hydrogens is 136 g/mol. The van der Waals surface area contributed by atoms with Crippen molar-refractivity contribution in [3.8, 4) is 0 Å². The molecule has 1 aliphatic carbocycles. The third kappa shape index (κ3) is 1.74. The molecule has 0 atom stereocenters. The van der Waals surface area contributed by atoms with Gasteiger partial charge in [0.05, 0.1) is 0 Å². The monoisotopic (exact) mass is 153 g/mol. The minimum absolute atomic E-state index is 0.839. The van der Waals surface area contributed by atoms with E-state index >= 15 is 0 Å². The first kappa shape index (κ1) is 7.56. The molecule has 1 saturated heterocycles. The quantitative estimate of drug-likeness (QED) is 0.592. The smallest absolute Gasteiger partial charge is 0.104 e. The average Bonchev–Trinajstić information content (AvgIpc) is 2.58. The fourth-order valence-corrected chi connectivity index (χ4v) is 2.14. The molecule has 0 aromatic heterocycles. The van der Waals surface area contributed by atoms with Gasteiger partial charge >= 0.3 is 0 Å². The molecule has 1 heterocycles. The van der Waals surface area contributed by atoms with Gasteiger partial charge in [0.15, 0.2) is 0 Å². The molecule has 2 nitrogen and oxygen atoms in total. The van der Waals surface area contributed by atoms with E-state index in [4.69, 9.17) is 0 Å². The van der Waals surface area contributed by atoms with Gasteiger partial charge in [-0.2, -0.15) is 0 Å². The van der Waals surface area contributed by atoms with Crippen LogP contribution in [0.1, 0.15) is 32.1 Å². The minimum atomic E-state index is 0.839. The molecule has 11 heavy (non-hydrogen) atoms. The fourth-order valence-electron chi connectivity index (χ4n) is 2.14. The summed E-state index contributed by atoms with van der Waals surface area (Å²) in [5, 5.41) is 6.86. The number of rotatable bonds is 1. The largest absolute Gasteiger partial charge is 0.295 e. The van der Waals surface area contributed by atoms with E-state index in [0.717, 1.165) is 19.0 Å². The molecule has 2 rings (SSSR count). The molecular formula is C9H17N2. The summed E-state index contributed by atoms with van der Waals surface area (Å²) < 4.78 is 0. The fraction of sp³-hybridized carbons (Fsp3) is 0.889. The number of hydrogen-bond acceptors (Lipinski definition) is 2. The zero-order valence-electron chi connectivity index (χ0n) is 7.03. The summed E-state index contributed by atoms with van der Waals surface area (Å²) in [6, 6.07) is 0. The summed E-state index contributed by atoms with van der Waals surface area (Å²) in [4.78, 5) is 0. The van der Waals surface area contributed by atoms with Gasteiger partial charge in [-0.25, -0.2) is 0 Å². The highest BCUT2D eigenvalue weighted by atomic mass is 15.2. The molecule has 0 unspecified atom stereocenters. The van der Waals surface area contributed by atoms with Crippen molar-refractivity contribution in [1.29, 1.82) is 0 Å². The predicted molar refractivity (Wildman–Crippen MR) is 45.8 cm³/mol. The molecule has 0 spiro atoms. The van der Waals surface area contributed by atoms with Gasteiger partial charge in [-0.05, 0) is 18.8 Å². The van der Waals surface area contributed by atoms with Crippen molar-refractivity contribution in [3.05, 3.63) is 6.17 Å². The van der Waals surface area contributed by atoms with Crippen LogP contribution in [0.4, 0.5) is 0 Å². The Balaban J connectivity index is 1.82. The van der Waals surface area contributed by atoms with Crippen molar-refractivity contribution in [2.45, 2.75) is 32.1 Å². The molecule has 2 heteroatoms. The maximum Gasteiger partial charge on any atom is 0.104 e. The van der Waals surface area contributed by atoms with E-state index in [1.807, 2.05) is 0 Å². The Morgan fingerprint density at radius 1 is 0.909 bits per heavy atom. The predicted octanol–water partition coefficient (Wildman–Crippen LogP) is 1.25. The highest BCUT2D eigenvalue weighted by molar-refractivity contribution is 4.96. The van der Waals surface area contributed by atoms with Crippen LogP contribution < -0.4 is 10.6 Å². The van der Waals surface area contributed by atoms with E-state index in [1.165, 1.54) is 38.3 Å². The Hall–Kier alpha value is -0.0800. The molecule has 1 radical (unpaired) electrons. The maximum atomic E-state index is 3.43. The van der Waals surface area contributed by atoms with Crippen molar-refractivity contribution >= 4 is 0 Å². The van der Waals surface area contributed by atoms with Crippen molar-refractivity contribution in [2.75, 3.05) is 13.1 Å². The van der Waals surface area contributed by atoms with Crippen LogP contribution >= 0.6 is 0 Å². The lowest BCUT2D eigenvalue weighted by molar-refractivity contribution is 0.340. The molecule has 2 N–H and O–H groups in total. The summed E-state index contributed by atoms with van der Waals surface area (Å²) >= 11 is 0. The van der Waals surface area contributed by atoms with Crippen LogP contribution in [0.5, 0.6) is 0 Å². The van der Waals surface area contributed by atoms with Crippen LogP contribution in [0.25, 0.3) is 0 Å². The minimum Gasteiger partial charge on any atom is -0.295 e. The van der Waals surface area contributed by atoms with E-state index in [2.05, 4.69) is 10.6 Å². The van der Waals surface area contributed by atoms with Crippen LogP contribution in [-0.2, 0) is 0 Å². The van der Waals surface area contributed by atoms with Gasteiger partial charge in [0, 0.05) is 13.1 Å². The lowest BCUT2D eigenvalue weighted by Crippen LogP contribution is -2.31. The highest BCUT2D eigenvalue weighted by Crippen LogP contribution is 2.29. The van der Waals surface area contributed by atoms with Crippen LogP contribution in [0.15, 0.2) is 0 Å². The van der Waals surface area contributed by atoms with Gasteiger partial charge in [0.25, 0.3) is 0 Å². The van der Waals surface area contributed by atoms with Crippen LogP contribution in [-0.4, -0.2) is 13.1 Å². The zero-order valence-corrected chi connectivity index (χ0v) is 7.03. The van der Waals surface area contributed by atoms with Gasteiger partial charge in [0.1, 0.15) is 6.17 Å². The van der Waals surface area contributed by atoms with Crippen LogP contribution in [0.2, 0.25) is 0 Å². The Morgan fingerprint density at radius 3 is 2.18 bits per heavy atom. The van der Waals surface area contributed by atoms with E-state index < -0.39 is 0 Å². The SMILES string of the molecule is C1CCC([C]2NCCN2)CC1. The standard InChI is InChI=1S/C9H17N2/c1-2-4-8(5-3-1)9-10-6-7-11-9/h8,10-11H,1-7H2. The highest BCUT2D eigenvalue weighted by Gasteiger charge is 2.26. The Morgan fingerprint density at radius 2 is 1.55 bits per heavy atom. The van der Waals surface area contributed by atoms with Crippen LogP contribution in [0, 0.1) is 12.1 Å². The van der Waals surface area contributed by atoms with Gasteiger partial charge in [-0.3, -0.25) is 10.6 Å². The summed E-state index contributed by atoms with van der Waals surface area (Å²) in [6.07, 6.45) is 8.54. The molecule has 0 aromatic rings. The van der Waals surface area contributed by atoms with Crippen molar-refractivity contribution in [2.24, 2.45) is 5.92 Å². The molecule has 1 saturated carbocycles. The first-order valence-electron chi connectivity index (χ1n) is 4.81. The third-order valence-electron chi connectivity index (χ3n) is 2.77.